The van der Waals surface area contributed by atoms with Crippen LogP contribution in [0.1, 0.15) is 35.2 Å². The van der Waals surface area contributed by atoms with Gasteiger partial charge in [0.1, 0.15) is 19.3 Å². The topological polar surface area (TPSA) is 167 Å². The Morgan fingerprint density at radius 3 is 2.33 bits per heavy atom. The lowest BCUT2D eigenvalue weighted by molar-refractivity contribution is -0.147. The zero-order valence-electron chi connectivity index (χ0n) is 20.3. The first kappa shape index (κ1) is 28.1. The van der Waals surface area contributed by atoms with E-state index in [9.17, 15) is 14.4 Å². The lowest BCUT2D eigenvalue weighted by atomic mass is 10.1. The first-order chi connectivity index (χ1) is 17.4. The molecule has 2 rings (SSSR count). The molecule has 2 aromatic carbocycles. The Hall–Kier alpha value is -4.12. The molecular weight excluding hydrogens is 466 g/mol. The second-order valence-corrected chi connectivity index (χ2v) is 7.75. The van der Waals surface area contributed by atoms with E-state index in [1.165, 1.54) is 7.11 Å². The highest BCUT2D eigenvalue weighted by atomic mass is 16.6. The van der Waals surface area contributed by atoms with Gasteiger partial charge in [0.2, 0.25) is 0 Å². The summed E-state index contributed by atoms with van der Waals surface area (Å²) in [7, 11) is 1.50. The number of alkyl carbamates (subject to hydrolysis) is 1. The maximum Gasteiger partial charge on any atom is 0.407 e. The van der Waals surface area contributed by atoms with Gasteiger partial charge in [0.15, 0.2) is 5.96 Å². The van der Waals surface area contributed by atoms with Gasteiger partial charge in [-0.3, -0.25) is 4.79 Å². The van der Waals surface area contributed by atoms with Crippen molar-refractivity contribution >= 4 is 29.6 Å². The number of amides is 2. The van der Waals surface area contributed by atoms with Crippen molar-refractivity contribution in [3.63, 3.8) is 0 Å². The minimum Gasteiger partial charge on any atom is -0.462 e. The smallest absolute Gasteiger partial charge is 0.407 e. The summed E-state index contributed by atoms with van der Waals surface area (Å²) in [5, 5.41) is 5.38. The van der Waals surface area contributed by atoms with Crippen molar-refractivity contribution in [3.8, 4) is 0 Å². The van der Waals surface area contributed by atoms with Crippen molar-refractivity contribution in [2.45, 2.75) is 31.9 Å². The largest absolute Gasteiger partial charge is 0.462 e. The SMILES string of the molecule is COCCOC(=O)C(CCCCNC(=O)OCc1ccccc1)NC(=O)c1ccc(N=C(N)N)cc1. The van der Waals surface area contributed by atoms with Crippen molar-refractivity contribution in [1.82, 2.24) is 10.6 Å². The number of methoxy groups -OCH3 is 1. The number of esters is 1. The molecule has 194 valence electrons. The van der Waals surface area contributed by atoms with Crippen LogP contribution in [0.15, 0.2) is 59.6 Å². The van der Waals surface area contributed by atoms with Crippen LogP contribution in [0.3, 0.4) is 0 Å². The first-order valence-electron chi connectivity index (χ1n) is 11.5. The third-order valence-corrected chi connectivity index (χ3v) is 4.91. The number of carbonyl (C=O) groups excluding carboxylic acids is 3. The highest BCUT2D eigenvalue weighted by Crippen LogP contribution is 2.13. The molecule has 0 saturated carbocycles. The molecule has 11 heteroatoms. The van der Waals surface area contributed by atoms with E-state index in [-0.39, 0.29) is 25.8 Å². The molecule has 2 aromatic rings. The van der Waals surface area contributed by atoms with Gasteiger partial charge in [0.25, 0.3) is 5.91 Å². The van der Waals surface area contributed by atoms with Gasteiger partial charge in [-0.15, -0.1) is 0 Å². The fourth-order valence-electron chi connectivity index (χ4n) is 3.09. The summed E-state index contributed by atoms with van der Waals surface area (Å²) < 4.78 is 15.3. The number of benzene rings is 2. The number of nitrogens with zero attached hydrogens (tertiary/aromatic N) is 1. The van der Waals surface area contributed by atoms with E-state index in [0.717, 1.165) is 5.56 Å². The Morgan fingerprint density at radius 1 is 0.944 bits per heavy atom. The molecule has 0 spiro atoms. The fraction of sp³-hybridized carbons (Fsp3) is 0.360. The molecule has 1 unspecified atom stereocenters. The Bertz CT molecular complexity index is 994. The standard InChI is InChI=1S/C25H33N5O6/c1-34-15-16-35-23(32)21(30-22(31)19-10-12-20(13-11-19)29-24(26)27)9-5-6-14-28-25(33)36-17-18-7-3-2-4-8-18/h2-4,7-8,10-13,21H,5-6,9,14-17H2,1H3,(H,28,33)(H,30,31)(H4,26,27,29). The number of ether oxygens (including phenoxy) is 3. The van der Waals surface area contributed by atoms with Gasteiger partial charge in [-0.05, 0) is 49.1 Å². The monoisotopic (exact) mass is 499 g/mol. The molecule has 11 nitrogen and oxygen atoms in total. The van der Waals surface area contributed by atoms with Crippen LogP contribution >= 0.6 is 0 Å². The van der Waals surface area contributed by atoms with E-state index in [1.54, 1.807) is 24.3 Å². The Balaban J connectivity index is 1.82. The molecule has 0 bridgehead atoms. The maximum atomic E-state index is 12.7. The van der Waals surface area contributed by atoms with Gasteiger partial charge in [-0.1, -0.05) is 30.3 Å². The molecule has 0 aliphatic heterocycles. The van der Waals surface area contributed by atoms with E-state index in [1.807, 2.05) is 30.3 Å². The third-order valence-electron chi connectivity index (χ3n) is 4.91. The molecule has 1 atom stereocenters. The number of rotatable bonds is 14. The molecule has 0 radical (unpaired) electrons. The molecule has 0 heterocycles. The third kappa shape index (κ3) is 10.9. The van der Waals surface area contributed by atoms with Crippen LogP contribution in [0.2, 0.25) is 0 Å². The van der Waals surface area contributed by atoms with Gasteiger partial charge < -0.3 is 36.3 Å². The van der Waals surface area contributed by atoms with Crippen LogP contribution in [-0.2, 0) is 25.6 Å². The number of hydrogen-bond acceptors (Lipinski definition) is 7. The second kappa shape index (κ2) is 15.7. The Labute approximate surface area is 210 Å². The maximum absolute atomic E-state index is 12.7. The van der Waals surface area contributed by atoms with Crippen LogP contribution in [0.25, 0.3) is 0 Å². The van der Waals surface area contributed by atoms with Crippen molar-refractivity contribution in [2.24, 2.45) is 16.5 Å². The van der Waals surface area contributed by atoms with Crippen LogP contribution < -0.4 is 22.1 Å². The molecule has 6 N–H and O–H groups in total. The molecule has 2 amide bonds. The summed E-state index contributed by atoms with van der Waals surface area (Å²) in [5.74, 6) is -1.10. The molecular formula is C25H33N5O6. The number of aliphatic imine (C=N–C) groups is 1. The highest BCUT2D eigenvalue weighted by molar-refractivity contribution is 5.97. The number of guanidine groups is 1. The predicted molar refractivity (Wildman–Crippen MR) is 134 cm³/mol. The number of hydrogen-bond donors (Lipinski definition) is 4. The summed E-state index contributed by atoms with van der Waals surface area (Å²) in [5.41, 5.74) is 12.4. The Kier molecular flexibility index (Phi) is 12.3. The molecule has 0 saturated heterocycles. The highest BCUT2D eigenvalue weighted by Gasteiger charge is 2.22. The zero-order valence-corrected chi connectivity index (χ0v) is 20.3. The number of carbonyl (C=O) groups is 3. The van der Waals surface area contributed by atoms with Crippen LogP contribution in [0, 0.1) is 0 Å². The van der Waals surface area contributed by atoms with Crippen molar-refractivity contribution in [2.75, 3.05) is 26.9 Å². The zero-order chi connectivity index (χ0) is 26.2. The Morgan fingerprint density at radius 2 is 1.67 bits per heavy atom. The average Bonchev–Trinajstić information content (AvgIpc) is 2.87. The van der Waals surface area contributed by atoms with E-state index >= 15 is 0 Å². The van der Waals surface area contributed by atoms with E-state index in [4.69, 9.17) is 25.7 Å². The van der Waals surface area contributed by atoms with E-state index in [0.29, 0.717) is 37.1 Å². The van der Waals surface area contributed by atoms with E-state index in [2.05, 4.69) is 15.6 Å². The number of nitrogens with one attached hydrogen (secondary N) is 2. The first-order valence-corrected chi connectivity index (χ1v) is 11.5. The number of unbranched alkanes of at least 4 members (excludes halogenated alkanes) is 1. The molecule has 0 aliphatic rings. The van der Waals surface area contributed by atoms with Gasteiger partial charge in [0, 0.05) is 19.2 Å². The van der Waals surface area contributed by atoms with Gasteiger partial charge >= 0.3 is 12.1 Å². The van der Waals surface area contributed by atoms with Gasteiger partial charge in [-0.2, -0.15) is 0 Å². The summed E-state index contributed by atoms with van der Waals surface area (Å²) >= 11 is 0. The van der Waals surface area contributed by atoms with Crippen LogP contribution in [-0.4, -0.2) is 56.8 Å². The van der Waals surface area contributed by atoms with Gasteiger partial charge in [0.05, 0.1) is 12.3 Å². The predicted octanol–water partition coefficient (Wildman–Crippen LogP) is 1.98. The molecule has 36 heavy (non-hydrogen) atoms. The molecule has 0 fully saturated rings. The van der Waals surface area contributed by atoms with Crippen molar-refractivity contribution in [1.29, 1.82) is 0 Å². The lowest BCUT2D eigenvalue weighted by Gasteiger charge is -2.18. The lowest BCUT2D eigenvalue weighted by Crippen LogP contribution is -2.42. The summed E-state index contributed by atoms with van der Waals surface area (Å²) in [6, 6.07) is 14.8. The summed E-state index contributed by atoms with van der Waals surface area (Å²) in [6.45, 7) is 0.859. The van der Waals surface area contributed by atoms with Crippen LogP contribution in [0.4, 0.5) is 10.5 Å². The minimum atomic E-state index is -0.864. The minimum absolute atomic E-state index is 0.0731. The number of nitrogens with two attached hydrogens (primary N) is 2. The normalized spacial score (nSPS) is 11.1. The fourth-order valence-corrected chi connectivity index (χ4v) is 3.09. The van der Waals surface area contributed by atoms with E-state index < -0.39 is 24.0 Å². The summed E-state index contributed by atoms with van der Waals surface area (Å²) in [6.07, 6.45) is 0.925. The molecule has 0 aliphatic carbocycles. The van der Waals surface area contributed by atoms with Crippen molar-refractivity contribution in [3.05, 3.63) is 65.7 Å². The second-order valence-electron chi connectivity index (χ2n) is 7.75. The van der Waals surface area contributed by atoms with Crippen molar-refractivity contribution < 1.29 is 28.6 Å². The van der Waals surface area contributed by atoms with Gasteiger partial charge in [-0.25, -0.2) is 14.6 Å². The molecule has 0 aromatic heterocycles. The quantitative estimate of drug-likeness (QED) is 0.132. The average molecular weight is 500 g/mol. The van der Waals surface area contributed by atoms with Crippen LogP contribution in [0.5, 0.6) is 0 Å². The summed E-state index contributed by atoms with van der Waals surface area (Å²) in [4.78, 5) is 41.0.